The van der Waals surface area contributed by atoms with Gasteiger partial charge in [-0.2, -0.15) is 13.2 Å². The second kappa shape index (κ2) is 7.51. The monoisotopic (exact) mass is 409 g/mol. The zero-order chi connectivity index (χ0) is 20.5. The number of benzene rings is 1. The van der Waals surface area contributed by atoms with Crippen molar-refractivity contribution in [2.45, 2.75) is 38.6 Å². The van der Waals surface area contributed by atoms with Crippen LogP contribution in [0.25, 0.3) is 22.3 Å². The maximum absolute atomic E-state index is 13.3. The Morgan fingerprint density at radius 3 is 2.54 bits per heavy atom. The fourth-order valence-electron chi connectivity index (χ4n) is 2.70. The highest BCUT2D eigenvalue weighted by Gasteiger charge is 2.35. The van der Waals surface area contributed by atoms with E-state index in [1.165, 1.54) is 28.9 Å². The van der Waals surface area contributed by atoms with E-state index in [4.69, 9.17) is 10.5 Å². The van der Waals surface area contributed by atoms with Gasteiger partial charge in [0.1, 0.15) is 12.4 Å². The number of ether oxygens (including phenoxy) is 1. The smallest absolute Gasteiger partial charge is 0.398 e. The second-order valence-corrected chi connectivity index (χ2v) is 13.4. The maximum atomic E-state index is 13.3. The van der Waals surface area contributed by atoms with Crippen molar-refractivity contribution in [1.29, 1.82) is 0 Å². The summed E-state index contributed by atoms with van der Waals surface area (Å²) in [5.41, 5.74) is 5.41. The molecule has 6 nitrogen and oxygen atoms in total. The molecule has 0 amide bonds. The lowest BCUT2D eigenvalue weighted by atomic mass is 10.0. The third-order valence-electron chi connectivity index (χ3n) is 4.21. The molecule has 1 aromatic carbocycles. The van der Waals surface area contributed by atoms with E-state index in [0.717, 1.165) is 6.04 Å². The lowest BCUT2D eigenvalue weighted by molar-refractivity contribution is -0.135. The third kappa shape index (κ3) is 4.68. The summed E-state index contributed by atoms with van der Waals surface area (Å²) in [5, 5.41) is 7.99. The number of aromatic nitrogens is 4. The minimum Gasteiger partial charge on any atom is -0.398 e. The molecule has 150 valence electrons. The summed E-state index contributed by atoms with van der Waals surface area (Å²) in [6.07, 6.45) is -2.90. The molecule has 0 atom stereocenters. The highest BCUT2D eigenvalue weighted by atomic mass is 28.3. The van der Waals surface area contributed by atoms with Crippen molar-refractivity contribution in [1.82, 2.24) is 20.0 Å². The fraction of sp³-hybridized carbons (Fsp3) is 0.389. The maximum Gasteiger partial charge on any atom is 0.419 e. The Morgan fingerprint density at radius 2 is 1.86 bits per heavy atom. The molecule has 0 radical (unpaired) electrons. The van der Waals surface area contributed by atoms with Gasteiger partial charge in [-0.05, 0) is 30.3 Å². The quantitative estimate of drug-likeness (QED) is 0.371. The van der Waals surface area contributed by atoms with Gasteiger partial charge in [0, 0.05) is 25.8 Å². The van der Waals surface area contributed by atoms with Crippen LogP contribution in [0.15, 0.2) is 30.5 Å². The summed E-state index contributed by atoms with van der Waals surface area (Å²) >= 11 is 0. The highest BCUT2D eigenvalue weighted by Crippen LogP contribution is 2.38. The first-order valence-corrected chi connectivity index (χ1v) is 12.5. The minimum absolute atomic E-state index is 0.0432. The predicted molar refractivity (Wildman–Crippen MR) is 104 cm³/mol. The number of nitrogens with zero attached hydrogens (tertiary/aromatic N) is 4. The molecule has 0 aliphatic heterocycles. The summed E-state index contributed by atoms with van der Waals surface area (Å²) in [5.74, 6) is 0. The Kier molecular flexibility index (Phi) is 5.44. The van der Waals surface area contributed by atoms with Gasteiger partial charge < -0.3 is 10.5 Å². The third-order valence-corrected chi connectivity index (χ3v) is 5.91. The first-order valence-electron chi connectivity index (χ1n) is 8.79. The average Bonchev–Trinajstić information content (AvgIpc) is 3.05. The Balaban J connectivity index is 1.80. The molecule has 2 N–H and O–H groups in total. The van der Waals surface area contributed by atoms with Crippen LogP contribution < -0.4 is 5.73 Å². The van der Waals surface area contributed by atoms with Crippen LogP contribution in [-0.4, -0.2) is 34.7 Å². The molecule has 0 saturated heterocycles. The second-order valence-electron chi connectivity index (χ2n) is 7.78. The first kappa shape index (κ1) is 20.3. The summed E-state index contributed by atoms with van der Waals surface area (Å²) < 4.78 is 47.0. The van der Waals surface area contributed by atoms with Gasteiger partial charge in [0.2, 0.25) is 0 Å². The largest absolute Gasteiger partial charge is 0.419 e. The van der Waals surface area contributed by atoms with E-state index in [2.05, 4.69) is 34.9 Å². The molecule has 3 rings (SSSR count). The number of halogens is 3. The fourth-order valence-corrected chi connectivity index (χ4v) is 3.45. The van der Waals surface area contributed by atoms with E-state index >= 15 is 0 Å². The molecule has 3 aromatic rings. The Labute approximate surface area is 161 Å². The van der Waals surface area contributed by atoms with Gasteiger partial charge in [-0.15, -0.1) is 5.10 Å². The van der Waals surface area contributed by atoms with Crippen molar-refractivity contribution >= 4 is 24.7 Å². The topological polar surface area (TPSA) is 78.9 Å². The lowest BCUT2D eigenvalue weighted by Crippen LogP contribution is -2.22. The number of fused-ring (bicyclic) bond motifs is 1. The molecular formula is C18H22F3N5OSi. The van der Waals surface area contributed by atoms with Crippen molar-refractivity contribution < 1.29 is 17.9 Å². The molecule has 0 bridgehead atoms. The van der Waals surface area contributed by atoms with Crippen LogP contribution in [0, 0.1) is 0 Å². The van der Waals surface area contributed by atoms with Crippen LogP contribution >= 0.6 is 0 Å². The molecular weight excluding hydrogens is 387 g/mol. The number of hydrogen-bond acceptors (Lipinski definition) is 5. The van der Waals surface area contributed by atoms with Gasteiger partial charge >= 0.3 is 6.18 Å². The molecule has 2 aromatic heterocycles. The standard InChI is InChI=1S/C18H22F3N5OSi/c1-28(2,3)9-8-27-11-26-10-16(24-25-26)15-6-4-12-14(23-15)7-5-13(22)17(12)18(19,20)21/h4-7,10H,8-9,11,22H2,1-3H3. The number of alkyl halides is 3. The molecule has 10 heteroatoms. The Hall–Kier alpha value is -2.46. The van der Waals surface area contributed by atoms with Crippen LogP contribution in [0.3, 0.4) is 0 Å². The van der Waals surface area contributed by atoms with Crippen LogP contribution in [-0.2, 0) is 17.6 Å². The Morgan fingerprint density at radius 1 is 1.11 bits per heavy atom. The number of hydrogen-bond donors (Lipinski definition) is 1. The molecule has 2 heterocycles. The number of rotatable bonds is 6. The molecule has 0 unspecified atom stereocenters. The van der Waals surface area contributed by atoms with Gasteiger partial charge in [-0.1, -0.05) is 24.9 Å². The number of nitrogen functional groups attached to an aromatic ring is 1. The van der Waals surface area contributed by atoms with Crippen molar-refractivity contribution in [3.05, 3.63) is 36.0 Å². The average molecular weight is 409 g/mol. The summed E-state index contributed by atoms with van der Waals surface area (Å²) in [7, 11) is -1.16. The zero-order valence-corrected chi connectivity index (χ0v) is 16.9. The van der Waals surface area contributed by atoms with Crippen molar-refractivity contribution in [3.8, 4) is 11.4 Å². The van der Waals surface area contributed by atoms with E-state index in [1.807, 2.05) is 0 Å². The normalized spacial score (nSPS) is 12.6. The van der Waals surface area contributed by atoms with Crippen LogP contribution in [0.4, 0.5) is 18.9 Å². The van der Waals surface area contributed by atoms with E-state index in [9.17, 15) is 13.2 Å². The molecule has 0 saturated carbocycles. The number of nitrogens with two attached hydrogens (primary N) is 1. The van der Waals surface area contributed by atoms with Crippen LogP contribution in [0.5, 0.6) is 0 Å². The van der Waals surface area contributed by atoms with Gasteiger partial charge in [0.15, 0.2) is 0 Å². The molecule has 0 aliphatic carbocycles. The van der Waals surface area contributed by atoms with Gasteiger partial charge in [0.25, 0.3) is 0 Å². The van der Waals surface area contributed by atoms with Crippen molar-refractivity contribution in [2.24, 2.45) is 0 Å². The Bertz CT molecular complexity index is 981. The summed E-state index contributed by atoms with van der Waals surface area (Å²) in [4.78, 5) is 4.30. The van der Waals surface area contributed by atoms with E-state index in [1.54, 1.807) is 6.20 Å². The van der Waals surface area contributed by atoms with Gasteiger partial charge in [0.05, 0.1) is 23.0 Å². The van der Waals surface area contributed by atoms with Crippen LogP contribution in [0.2, 0.25) is 25.7 Å². The van der Waals surface area contributed by atoms with Crippen LogP contribution in [0.1, 0.15) is 5.56 Å². The first-order chi connectivity index (χ1) is 13.0. The molecule has 0 aliphatic rings. The predicted octanol–water partition coefficient (Wildman–Crippen LogP) is 4.41. The van der Waals surface area contributed by atoms with E-state index in [0.29, 0.717) is 18.0 Å². The van der Waals surface area contributed by atoms with E-state index in [-0.39, 0.29) is 23.3 Å². The van der Waals surface area contributed by atoms with Gasteiger partial charge in [-0.25, -0.2) is 9.67 Å². The molecule has 0 spiro atoms. The summed E-state index contributed by atoms with van der Waals surface area (Å²) in [6.45, 7) is 7.73. The highest BCUT2D eigenvalue weighted by molar-refractivity contribution is 6.76. The minimum atomic E-state index is -4.55. The molecule has 0 fully saturated rings. The van der Waals surface area contributed by atoms with Gasteiger partial charge in [-0.3, -0.25) is 0 Å². The summed E-state index contributed by atoms with van der Waals surface area (Å²) in [6, 6.07) is 6.57. The SMILES string of the molecule is C[Si](C)(C)CCOCn1cc(-c2ccc3c(C(F)(F)F)c(N)ccc3n2)nn1. The van der Waals surface area contributed by atoms with Crippen molar-refractivity contribution in [3.63, 3.8) is 0 Å². The molecule has 28 heavy (non-hydrogen) atoms. The lowest BCUT2D eigenvalue weighted by Gasteiger charge is -2.15. The zero-order valence-electron chi connectivity index (χ0n) is 15.9. The number of anilines is 1. The van der Waals surface area contributed by atoms with Crippen molar-refractivity contribution in [2.75, 3.05) is 12.3 Å². The number of pyridine rings is 1. The van der Waals surface area contributed by atoms with E-state index < -0.39 is 19.8 Å².